The molecule has 0 heterocycles. The molecule has 0 spiro atoms. The van der Waals surface area contributed by atoms with E-state index in [2.05, 4.69) is 5.32 Å². The third kappa shape index (κ3) is 3.04. The molecule has 0 aliphatic heterocycles. The molecule has 2 aromatic rings. The first-order valence-electron chi connectivity index (χ1n) is 5.87. The number of nitrogens with zero attached hydrogens (tertiary/aromatic N) is 2. The van der Waals surface area contributed by atoms with E-state index in [1.54, 1.807) is 6.07 Å². The lowest BCUT2D eigenvalue weighted by molar-refractivity contribution is -0.384. The summed E-state index contributed by atoms with van der Waals surface area (Å²) in [5.41, 5.74) is -1.25. The molecule has 0 unspecified atom stereocenters. The second-order valence-electron chi connectivity index (χ2n) is 4.18. The number of nitriles is 1. The third-order valence-corrected chi connectivity index (χ3v) is 2.75. The van der Waals surface area contributed by atoms with E-state index in [0.29, 0.717) is 0 Å². The van der Waals surface area contributed by atoms with Crippen LogP contribution in [0.2, 0.25) is 0 Å². The average molecular weight is 303 g/mol. The van der Waals surface area contributed by atoms with Gasteiger partial charge in [0.25, 0.3) is 11.6 Å². The smallest absolute Gasteiger partial charge is 0.271 e. The SMILES string of the molecule is N#Cc1ccc(C(=O)Nc2cc([N+](=O)[O-])ccc2F)c(F)c1. The van der Waals surface area contributed by atoms with E-state index < -0.39 is 39.4 Å². The number of rotatable bonds is 3. The van der Waals surface area contributed by atoms with Crippen LogP contribution in [0.3, 0.4) is 0 Å². The van der Waals surface area contributed by atoms with Crippen LogP contribution >= 0.6 is 0 Å². The first-order valence-corrected chi connectivity index (χ1v) is 5.87. The Labute approximate surface area is 122 Å². The molecule has 0 bridgehead atoms. The Morgan fingerprint density at radius 1 is 1.18 bits per heavy atom. The number of nitro groups is 1. The summed E-state index contributed by atoms with van der Waals surface area (Å²) in [5.74, 6) is -2.84. The van der Waals surface area contributed by atoms with E-state index >= 15 is 0 Å². The molecule has 0 saturated heterocycles. The Balaban J connectivity index is 2.31. The van der Waals surface area contributed by atoms with Crippen molar-refractivity contribution in [3.63, 3.8) is 0 Å². The molecule has 110 valence electrons. The van der Waals surface area contributed by atoms with Crippen molar-refractivity contribution in [2.45, 2.75) is 0 Å². The van der Waals surface area contributed by atoms with Crippen LogP contribution in [0.1, 0.15) is 15.9 Å². The van der Waals surface area contributed by atoms with E-state index in [-0.39, 0.29) is 5.56 Å². The minimum Gasteiger partial charge on any atom is -0.319 e. The molecule has 0 saturated carbocycles. The van der Waals surface area contributed by atoms with Crippen molar-refractivity contribution >= 4 is 17.3 Å². The molecule has 0 fully saturated rings. The van der Waals surface area contributed by atoms with Crippen molar-refractivity contribution < 1.29 is 18.5 Å². The lowest BCUT2D eigenvalue weighted by Gasteiger charge is -2.07. The molecular formula is C14H7F2N3O3. The summed E-state index contributed by atoms with van der Waals surface area (Å²) in [6, 6.07) is 7.45. The van der Waals surface area contributed by atoms with Crippen LogP contribution in [0.5, 0.6) is 0 Å². The van der Waals surface area contributed by atoms with Crippen molar-refractivity contribution in [2.75, 3.05) is 5.32 Å². The number of carbonyl (C=O) groups is 1. The van der Waals surface area contributed by atoms with Crippen LogP contribution in [-0.4, -0.2) is 10.8 Å². The molecule has 0 radical (unpaired) electrons. The largest absolute Gasteiger partial charge is 0.319 e. The summed E-state index contributed by atoms with van der Waals surface area (Å²) in [6.07, 6.45) is 0. The summed E-state index contributed by atoms with van der Waals surface area (Å²) >= 11 is 0. The van der Waals surface area contributed by atoms with Gasteiger partial charge in [0.05, 0.1) is 27.8 Å². The molecule has 6 nitrogen and oxygen atoms in total. The topological polar surface area (TPSA) is 96.0 Å². The van der Waals surface area contributed by atoms with Gasteiger partial charge in [0.1, 0.15) is 11.6 Å². The van der Waals surface area contributed by atoms with Crippen LogP contribution in [0.25, 0.3) is 0 Å². The van der Waals surface area contributed by atoms with Crippen molar-refractivity contribution in [3.05, 3.63) is 69.3 Å². The van der Waals surface area contributed by atoms with Crippen LogP contribution in [0.15, 0.2) is 36.4 Å². The van der Waals surface area contributed by atoms with Crippen molar-refractivity contribution in [2.24, 2.45) is 0 Å². The molecular weight excluding hydrogens is 296 g/mol. The summed E-state index contributed by atoms with van der Waals surface area (Å²) in [7, 11) is 0. The van der Waals surface area contributed by atoms with Gasteiger partial charge in [-0.1, -0.05) is 0 Å². The number of carbonyl (C=O) groups excluding carboxylic acids is 1. The molecule has 0 aliphatic carbocycles. The predicted molar refractivity (Wildman–Crippen MR) is 72.1 cm³/mol. The highest BCUT2D eigenvalue weighted by Crippen LogP contribution is 2.22. The molecule has 2 rings (SSSR count). The van der Waals surface area contributed by atoms with Gasteiger partial charge in [-0.3, -0.25) is 14.9 Å². The van der Waals surface area contributed by atoms with E-state index in [4.69, 9.17) is 5.26 Å². The molecule has 1 N–H and O–H groups in total. The molecule has 2 aromatic carbocycles. The van der Waals surface area contributed by atoms with Crippen LogP contribution in [-0.2, 0) is 0 Å². The Kier molecular flexibility index (Phi) is 4.08. The van der Waals surface area contributed by atoms with E-state index in [1.165, 1.54) is 6.07 Å². The average Bonchev–Trinajstić information content (AvgIpc) is 2.48. The van der Waals surface area contributed by atoms with Crippen molar-refractivity contribution in [3.8, 4) is 6.07 Å². The van der Waals surface area contributed by atoms with Gasteiger partial charge in [0.2, 0.25) is 0 Å². The van der Waals surface area contributed by atoms with Crippen molar-refractivity contribution in [1.82, 2.24) is 0 Å². The minimum absolute atomic E-state index is 0.0237. The zero-order valence-electron chi connectivity index (χ0n) is 10.8. The van der Waals surface area contributed by atoms with E-state index in [9.17, 15) is 23.7 Å². The molecule has 0 atom stereocenters. The minimum atomic E-state index is -0.985. The fourth-order valence-electron chi connectivity index (χ4n) is 1.68. The standard InChI is InChI=1S/C14H7F2N3O3/c15-11-4-2-9(19(21)22)6-13(11)18-14(20)10-3-1-8(7-17)5-12(10)16/h1-6H,(H,18,20). The number of nitrogens with one attached hydrogen (secondary N) is 1. The second kappa shape index (κ2) is 5.97. The zero-order valence-corrected chi connectivity index (χ0v) is 10.8. The highest BCUT2D eigenvalue weighted by atomic mass is 19.1. The monoisotopic (exact) mass is 303 g/mol. The Hall–Kier alpha value is -3.34. The van der Waals surface area contributed by atoms with Crippen LogP contribution in [0, 0.1) is 33.1 Å². The van der Waals surface area contributed by atoms with Gasteiger partial charge < -0.3 is 5.32 Å². The van der Waals surface area contributed by atoms with Gasteiger partial charge in [-0.15, -0.1) is 0 Å². The molecule has 1 amide bonds. The zero-order chi connectivity index (χ0) is 16.3. The van der Waals surface area contributed by atoms with Gasteiger partial charge >= 0.3 is 0 Å². The predicted octanol–water partition coefficient (Wildman–Crippen LogP) is 3.00. The lowest BCUT2D eigenvalue weighted by atomic mass is 10.1. The number of hydrogen-bond acceptors (Lipinski definition) is 4. The maximum atomic E-state index is 13.7. The Morgan fingerprint density at radius 3 is 2.50 bits per heavy atom. The molecule has 22 heavy (non-hydrogen) atoms. The second-order valence-corrected chi connectivity index (χ2v) is 4.18. The highest BCUT2D eigenvalue weighted by molar-refractivity contribution is 6.04. The first kappa shape index (κ1) is 15.1. The molecule has 8 heteroatoms. The van der Waals surface area contributed by atoms with Gasteiger partial charge in [0, 0.05) is 12.1 Å². The maximum Gasteiger partial charge on any atom is 0.271 e. The summed E-state index contributed by atoms with van der Waals surface area (Å²) < 4.78 is 27.2. The van der Waals surface area contributed by atoms with Gasteiger partial charge in [-0.2, -0.15) is 5.26 Å². The number of hydrogen-bond donors (Lipinski definition) is 1. The summed E-state index contributed by atoms with van der Waals surface area (Å²) in [6.45, 7) is 0. The van der Waals surface area contributed by atoms with Gasteiger partial charge in [-0.25, -0.2) is 8.78 Å². The molecule has 0 aliphatic rings. The van der Waals surface area contributed by atoms with Crippen LogP contribution < -0.4 is 5.32 Å². The number of anilines is 1. The maximum absolute atomic E-state index is 13.7. The number of non-ortho nitro benzene ring substituents is 1. The van der Waals surface area contributed by atoms with E-state index in [1.807, 2.05) is 0 Å². The number of nitro benzene ring substituents is 1. The fraction of sp³-hybridized carbons (Fsp3) is 0. The Morgan fingerprint density at radius 2 is 1.91 bits per heavy atom. The quantitative estimate of drug-likeness (QED) is 0.696. The third-order valence-electron chi connectivity index (χ3n) is 2.75. The van der Waals surface area contributed by atoms with Gasteiger partial charge in [0.15, 0.2) is 0 Å². The van der Waals surface area contributed by atoms with E-state index in [0.717, 1.165) is 30.3 Å². The first-order chi connectivity index (χ1) is 10.4. The number of amides is 1. The number of benzene rings is 2. The Bertz CT molecular complexity index is 815. The summed E-state index contributed by atoms with van der Waals surface area (Å²) in [5, 5.41) is 21.3. The lowest BCUT2D eigenvalue weighted by Crippen LogP contribution is -2.15. The normalized spacial score (nSPS) is 9.86. The highest BCUT2D eigenvalue weighted by Gasteiger charge is 2.16. The fourth-order valence-corrected chi connectivity index (χ4v) is 1.68. The number of halogens is 2. The summed E-state index contributed by atoms with van der Waals surface area (Å²) in [4.78, 5) is 21.8. The van der Waals surface area contributed by atoms with Gasteiger partial charge in [-0.05, 0) is 24.3 Å². The molecule has 0 aromatic heterocycles. The van der Waals surface area contributed by atoms with Crippen LogP contribution in [0.4, 0.5) is 20.2 Å². The van der Waals surface area contributed by atoms with Crippen molar-refractivity contribution in [1.29, 1.82) is 5.26 Å².